The molecule has 1 aromatic carbocycles. The molecule has 2 aliphatic heterocycles. The molecule has 1 aromatic heterocycles. The summed E-state index contributed by atoms with van der Waals surface area (Å²) < 4.78 is 5.06. The maximum Gasteiger partial charge on any atom is 0.410 e. The zero-order valence-corrected chi connectivity index (χ0v) is 21.3. The standard InChI is InChI=1S/C28H31N5O4/c1-26-11-12-27(2,33(26)25(35)37-3)17-28(36,16-26)19-9-10-22(21(13-19)18-7-5-4-6-8-18)32-24(34)23-30-15-20(14-29)31-23/h7,9-13,15,36H,4-6,8,16-17H2,1-3H3,(H,30,31)(H,32,34)/t26-,27+,28?. The second-order valence-corrected chi connectivity index (χ2v) is 10.7. The zero-order chi connectivity index (χ0) is 26.4. The molecule has 3 N–H and O–H groups in total. The molecule has 1 saturated heterocycles. The first-order valence-corrected chi connectivity index (χ1v) is 12.5. The highest BCUT2D eigenvalue weighted by molar-refractivity contribution is 6.03. The number of fused-ring (bicyclic) bond motifs is 2. The lowest BCUT2D eigenvalue weighted by Gasteiger charge is -2.53. The minimum atomic E-state index is -1.20. The highest BCUT2D eigenvalue weighted by atomic mass is 16.5. The topological polar surface area (TPSA) is 131 Å². The number of imidazole rings is 1. The number of allylic oxidation sites excluding steroid dienone is 2. The molecule has 1 aliphatic carbocycles. The van der Waals surface area contributed by atoms with Gasteiger partial charge in [0.25, 0.3) is 5.91 Å². The lowest BCUT2D eigenvalue weighted by atomic mass is 9.70. The Morgan fingerprint density at radius 1 is 1.22 bits per heavy atom. The van der Waals surface area contributed by atoms with Crippen molar-refractivity contribution in [3.63, 3.8) is 0 Å². The second-order valence-electron chi connectivity index (χ2n) is 10.7. The van der Waals surface area contributed by atoms with E-state index < -0.39 is 28.7 Å². The molecule has 5 rings (SSSR count). The molecule has 2 amide bonds. The number of hydrogen-bond donors (Lipinski definition) is 3. The molecule has 1 fully saturated rings. The molecule has 37 heavy (non-hydrogen) atoms. The highest BCUT2D eigenvalue weighted by Gasteiger charge is 2.59. The van der Waals surface area contributed by atoms with Gasteiger partial charge in [-0.1, -0.05) is 24.3 Å². The number of carbonyl (C=O) groups excluding carboxylic acids is 2. The minimum absolute atomic E-state index is 0.0570. The molecule has 2 bridgehead atoms. The summed E-state index contributed by atoms with van der Waals surface area (Å²) in [6.45, 7) is 3.88. The van der Waals surface area contributed by atoms with E-state index in [4.69, 9.17) is 10.00 Å². The van der Waals surface area contributed by atoms with E-state index in [1.54, 1.807) is 4.90 Å². The van der Waals surface area contributed by atoms with Gasteiger partial charge in [0.2, 0.25) is 0 Å². The van der Waals surface area contributed by atoms with Crippen LogP contribution in [-0.4, -0.2) is 50.2 Å². The quantitative estimate of drug-likeness (QED) is 0.524. The van der Waals surface area contributed by atoms with Gasteiger partial charge < -0.3 is 20.1 Å². The van der Waals surface area contributed by atoms with E-state index >= 15 is 0 Å². The van der Waals surface area contributed by atoms with Crippen molar-refractivity contribution in [1.82, 2.24) is 14.9 Å². The Balaban J connectivity index is 1.51. The van der Waals surface area contributed by atoms with Gasteiger partial charge in [-0.15, -0.1) is 0 Å². The molecule has 0 radical (unpaired) electrons. The van der Waals surface area contributed by atoms with E-state index in [0.29, 0.717) is 18.5 Å². The highest BCUT2D eigenvalue weighted by Crippen LogP contribution is 2.54. The van der Waals surface area contributed by atoms with Crippen LogP contribution in [0.25, 0.3) is 5.57 Å². The van der Waals surface area contributed by atoms with E-state index in [0.717, 1.165) is 42.4 Å². The van der Waals surface area contributed by atoms with Crippen LogP contribution in [0.4, 0.5) is 10.5 Å². The Hall–Kier alpha value is -3.90. The molecule has 1 unspecified atom stereocenters. The number of H-pyrrole nitrogens is 1. The van der Waals surface area contributed by atoms with Crippen molar-refractivity contribution in [1.29, 1.82) is 5.26 Å². The molecule has 9 nitrogen and oxygen atoms in total. The third-order valence-electron chi connectivity index (χ3n) is 7.83. The summed E-state index contributed by atoms with van der Waals surface area (Å²) in [5, 5.41) is 24.0. The molecule has 192 valence electrons. The number of aromatic nitrogens is 2. The van der Waals surface area contributed by atoms with Gasteiger partial charge in [0.05, 0.1) is 30.0 Å². The third-order valence-corrected chi connectivity index (χ3v) is 7.83. The maximum atomic E-state index is 12.9. The van der Waals surface area contributed by atoms with Crippen LogP contribution in [-0.2, 0) is 10.3 Å². The summed E-state index contributed by atoms with van der Waals surface area (Å²) >= 11 is 0. The largest absolute Gasteiger partial charge is 0.453 e. The van der Waals surface area contributed by atoms with Crippen molar-refractivity contribution in [3.8, 4) is 6.07 Å². The normalized spacial score (nSPS) is 28.4. The van der Waals surface area contributed by atoms with E-state index in [1.165, 1.54) is 13.3 Å². The van der Waals surface area contributed by atoms with Crippen molar-refractivity contribution in [2.75, 3.05) is 12.4 Å². The molecule has 2 aromatic rings. The Morgan fingerprint density at radius 3 is 2.54 bits per heavy atom. The summed E-state index contributed by atoms with van der Waals surface area (Å²) in [5.41, 5.74) is 0.932. The second kappa shape index (κ2) is 8.89. The molecule has 0 saturated carbocycles. The molecule has 3 aliphatic rings. The fraction of sp³-hybridized carbons (Fsp3) is 0.429. The van der Waals surface area contributed by atoms with Crippen molar-refractivity contribution in [3.05, 3.63) is 65.3 Å². The van der Waals surface area contributed by atoms with Crippen molar-refractivity contribution in [2.45, 2.75) is 69.1 Å². The van der Waals surface area contributed by atoms with Crippen LogP contribution in [0.5, 0.6) is 0 Å². The Morgan fingerprint density at radius 2 is 1.95 bits per heavy atom. The smallest absolute Gasteiger partial charge is 0.410 e. The predicted octanol–water partition coefficient (Wildman–Crippen LogP) is 4.63. The summed E-state index contributed by atoms with van der Waals surface area (Å²) in [7, 11) is 1.37. The van der Waals surface area contributed by atoms with Gasteiger partial charge in [-0.3, -0.25) is 9.69 Å². The van der Waals surface area contributed by atoms with Crippen LogP contribution >= 0.6 is 0 Å². The van der Waals surface area contributed by atoms with Gasteiger partial charge in [-0.25, -0.2) is 9.78 Å². The number of nitrogens with one attached hydrogen (secondary N) is 2. The van der Waals surface area contributed by atoms with Crippen LogP contribution in [0.1, 0.15) is 79.8 Å². The van der Waals surface area contributed by atoms with Crippen molar-refractivity contribution in [2.24, 2.45) is 0 Å². The summed E-state index contributed by atoms with van der Waals surface area (Å²) in [4.78, 5) is 34.0. The van der Waals surface area contributed by atoms with E-state index in [1.807, 2.05) is 50.3 Å². The lowest BCUT2D eigenvalue weighted by Crippen LogP contribution is -2.63. The predicted molar refractivity (Wildman–Crippen MR) is 137 cm³/mol. The molecule has 3 atom stereocenters. The number of rotatable bonds is 4. The van der Waals surface area contributed by atoms with Crippen LogP contribution in [0.15, 0.2) is 42.6 Å². The first-order chi connectivity index (χ1) is 17.6. The average molecular weight is 502 g/mol. The minimum Gasteiger partial charge on any atom is -0.453 e. The number of ether oxygens (including phenoxy) is 1. The average Bonchev–Trinajstić information content (AvgIpc) is 3.43. The van der Waals surface area contributed by atoms with E-state index in [9.17, 15) is 14.7 Å². The third kappa shape index (κ3) is 4.21. The van der Waals surface area contributed by atoms with Gasteiger partial charge >= 0.3 is 6.09 Å². The zero-order valence-electron chi connectivity index (χ0n) is 21.3. The van der Waals surface area contributed by atoms with E-state index in [2.05, 4.69) is 21.4 Å². The summed E-state index contributed by atoms with van der Waals surface area (Å²) in [5.74, 6) is -0.388. The number of amides is 2. The fourth-order valence-corrected chi connectivity index (χ4v) is 6.29. The number of piperidine rings is 1. The summed E-state index contributed by atoms with van der Waals surface area (Å²) in [6, 6.07) is 7.56. The van der Waals surface area contributed by atoms with Crippen molar-refractivity contribution >= 4 is 23.3 Å². The van der Waals surface area contributed by atoms with Crippen molar-refractivity contribution < 1.29 is 19.4 Å². The first kappa shape index (κ1) is 24.8. The monoisotopic (exact) mass is 501 g/mol. The summed E-state index contributed by atoms with van der Waals surface area (Å²) in [6.07, 6.45) is 11.7. The van der Waals surface area contributed by atoms with Gasteiger partial charge in [0, 0.05) is 24.1 Å². The van der Waals surface area contributed by atoms with Crippen LogP contribution in [0, 0.1) is 11.3 Å². The SMILES string of the molecule is COC(=O)N1[C@@]2(C)C=C[C@]1(C)CC(O)(c1ccc(NC(=O)c3ncc(C#N)[nH]3)c(C3=CCCCC3)c1)C2. The number of aromatic amines is 1. The Bertz CT molecular complexity index is 1350. The number of aliphatic hydroxyl groups is 1. The van der Waals surface area contributed by atoms with Crippen LogP contribution < -0.4 is 5.32 Å². The maximum absolute atomic E-state index is 12.9. The van der Waals surface area contributed by atoms with Crippen LogP contribution in [0.2, 0.25) is 0 Å². The number of carbonyl (C=O) groups is 2. The molecule has 9 heteroatoms. The number of anilines is 1. The number of nitriles is 1. The molecular formula is C28H31N5O4. The van der Waals surface area contributed by atoms with Gasteiger partial charge in [0.1, 0.15) is 11.8 Å². The number of hydrogen-bond acceptors (Lipinski definition) is 6. The van der Waals surface area contributed by atoms with E-state index in [-0.39, 0.29) is 11.5 Å². The Kier molecular flexibility index (Phi) is 5.95. The molecular weight excluding hydrogens is 470 g/mol. The lowest BCUT2D eigenvalue weighted by molar-refractivity contribution is -0.0980. The van der Waals surface area contributed by atoms with Gasteiger partial charge in [-0.05, 0) is 62.8 Å². The molecule has 3 heterocycles. The number of methoxy groups -OCH3 is 1. The van der Waals surface area contributed by atoms with Gasteiger partial charge in [-0.2, -0.15) is 5.26 Å². The Labute approximate surface area is 215 Å². The fourth-order valence-electron chi connectivity index (χ4n) is 6.29. The number of benzene rings is 1. The first-order valence-electron chi connectivity index (χ1n) is 12.5. The van der Waals surface area contributed by atoms with Crippen LogP contribution in [0.3, 0.4) is 0 Å². The molecule has 0 spiro atoms. The van der Waals surface area contributed by atoms with Gasteiger partial charge in [0.15, 0.2) is 5.82 Å². The number of nitrogens with zero attached hydrogens (tertiary/aromatic N) is 3.